The second kappa shape index (κ2) is 6.36. The van der Waals surface area contributed by atoms with Crippen LogP contribution in [0.3, 0.4) is 0 Å². The van der Waals surface area contributed by atoms with E-state index in [0.717, 1.165) is 5.56 Å². The van der Waals surface area contributed by atoms with Crippen LogP contribution in [0.15, 0.2) is 35.0 Å². The smallest absolute Gasteiger partial charge is 0.305 e. The quantitative estimate of drug-likeness (QED) is 0.680. The Kier molecular flexibility index (Phi) is 4.54. The predicted octanol–water partition coefficient (Wildman–Crippen LogP) is 2.97. The molecule has 0 unspecified atom stereocenters. The van der Waals surface area contributed by atoms with Gasteiger partial charge in [-0.25, -0.2) is 0 Å². The summed E-state index contributed by atoms with van der Waals surface area (Å²) in [5, 5.41) is 17.9. The molecule has 0 aliphatic carbocycles. The minimum atomic E-state index is -0.530. The maximum absolute atomic E-state index is 12.5. The van der Waals surface area contributed by atoms with Crippen LogP contribution >= 0.6 is 11.3 Å². The van der Waals surface area contributed by atoms with Crippen LogP contribution in [0.4, 0.5) is 11.4 Å². The number of hydrogen-bond donors (Lipinski definition) is 1. The number of carbonyl (C=O) groups excluding carboxylic acids is 1. The first-order valence-corrected chi connectivity index (χ1v) is 7.20. The number of rotatable bonds is 5. The van der Waals surface area contributed by atoms with E-state index in [-0.39, 0.29) is 17.2 Å². The Morgan fingerprint density at radius 1 is 1.43 bits per heavy atom. The van der Waals surface area contributed by atoms with Gasteiger partial charge in [-0.2, -0.15) is 11.3 Å². The Morgan fingerprint density at radius 2 is 2.19 bits per heavy atom. The van der Waals surface area contributed by atoms with Crippen LogP contribution in [0.1, 0.15) is 15.9 Å². The van der Waals surface area contributed by atoms with Gasteiger partial charge in [-0.1, -0.05) is 6.07 Å². The number of nitrogens with one attached hydrogen (secondary N) is 1. The van der Waals surface area contributed by atoms with Crippen LogP contribution in [0.2, 0.25) is 0 Å². The number of hydrogen-bond acceptors (Lipinski definition) is 5. The molecule has 0 aliphatic rings. The lowest BCUT2D eigenvalue weighted by molar-refractivity contribution is -0.384. The average Bonchev–Trinajstić information content (AvgIpc) is 2.98. The number of thiophene rings is 1. The number of benzene rings is 1. The molecule has 0 atom stereocenters. The number of nitro groups is 1. The number of para-hydroxylation sites is 1. The third kappa shape index (κ3) is 3.19. The highest BCUT2D eigenvalue weighted by Crippen LogP contribution is 2.29. The first-order valence-electron chi connectivity index (χ1n) is 6.26. The summed E-state index contributed by atoms with van der Waals surface area (Å²) in [5.41, 5.74) is 1.23. The molecule has 6 nitrogen and oxygen atoms in total. The Morgan fingerprint density at radius 3 is 2.76 bits per heavy atom. The zero-order valence-corrected chi connectivity index (χ0v) is 12.5. The van der Waals surface area contributed by atoms with Crippen molar-refractivity contribution in [2.24, 2.45) is 0 Å². The molecular formula is C14H15N3O3S. The molecular weight excluding hydrogens is 290 g/mol. The van der Waals surface area contributed by atoms with Crippen LogP contribution in [-0.4, -0.2) is 29.8 Å². The van der Waals surface area contributed by atoms with E-state index in [1.807, 2.05) is 16.8 Å². The van der Waals surface area contributed by atoms with Gasteiger partial charge in [-0.15, -0.1) is 0 Å². The van der Waals surface area contributed by atoms with E-state index < -0.39 is 4.92 Å². The fraction of sp³-hybridized carbons (Fsp3) is 0.214. The molecule has 21 heavy (non-hydrogen) atoms. The lowest BCUT2D eigenvalue weighted by Gasteiger charge is -2.17. The van der Waals surface area contributed by atoms with Crippen molar-refractivity contribution in [3.63, 3.8) is 0 Å². The molecule has 2 aromatic rings. The first-order chi connectivity index (χ1) is 10.0. The molecule has 0 aliphatic heterocycles. The third-order valence-electron chi connectivity index (χ3n) is 3.06. The monoisotopic (exact) mass is 305 g/mol. The van der Waals surface area contributed by atoms with Gasteiger partial charge in [0.05, 0.1) is 4.92 Å². The summed E-state index contributed by atoms with van der Waals surface area (Å²) >= 11 is 1.55. The second-order valence-electron chi connectivity index (χ2n) is 4.50. The standard InChI is InChI=1S/C14H15N3O3S/c1-15-12-5-3-4-11(13(12)17(19)20)14(18)16(2)8-10-6-7-21-9-10/h3-7,9,15H,8H2,1-2H3. The first kappa shape index (κ1) is 15.0. The highest BCUT2D eigenvalue weighted by Gasteiger charge is 2.26. The molecule has 0 spiro atoms. The Bertz CT molecular complexity index is 655. The summed E-state index contributed by atoms with van der Waals surface area (Å²) in [7, 11) is 3.22. The summed E-state index contributed by atoms with van der Waals surface area (Å²) in [5.74, 6) is -0.370. The van der Waals surface area contributed by atoms with Gasteiger partial charge in [0.2, 0.25) is 0 Å². The van der Waals surface area contributed by atoms with E-state index in [2.05, 4.69) is 5.32 Å². The Balaban J connectivity index is 2.32. The molecule has 0 radical (unpaired) electrons. The summed E-state index contributed by atoms with van der Waals surface area (Å²) in [6.07, 6.45) is 0. The van der Waals surface area contributed by atoms with Crippen molar-refractivity contribution in [1.82, 2.24) is 4.90 Å². The fourth-order valence-electron chi connectivity index (χ4n) is 2.05. The van der Waals surface area contributed by atoms with Crippen molar-refractivity contribution in [2.45, 2.75) is 6.54 Å². The number of amides is 1. The van der Waals surface area contributed by atoms with Crippen molar-refractivity contribution in [3.05, 3.63) is 56.3 Å². The predicted molar refractivity (Wildman–Crippen MR) is 82.8 cm³/mol. The van der Waals surface area contributed by atoms with Gasteiger partial charge < -0.3 is 10.2 Å². The molecule has 1 heterocycles. The van der Waals surface area contributed by atoms with Crippen LogP contribution < -0.4 is 5.32 Å². The fourth-order valence-corrected chi connectivity index (χ4v) is 2.71. The molecule has 1 aromatic carbocycles. The van der Waals surface area contributed by atoms with E-state index in [1.165, 1.54) is 11.0 Å². The zero-order chi connectivity index (χ0) is 15.4. The van der Waals surface area contributed by atoms with Crippen molar-refractivity contribution in [3.8, 4) is 0 Å². The van der Waals surface area contributed by atoms with Crippen LogP contribution in [-0.2, 0) is 6.54 Å². The number of anilines is 1. The number of nitro benzene ring substituents is 1. The highest BCUT2D eigenvalue weighted by molar-refractivity contribution is 7.07. The normalized spacial score (nSPS) is 10.2. The molecule has 0 saturated carbocycles. The summed E-state index contributed by atoms with van der Waals surface area (Å²) in [6, 6.07) is 6.61. The van der Waals surface area contributed by atoms with Crippen molar-refractivity contribution in [2.75, 3.05) is 19.4 Å². The molecule has 0 fully saturated rings. The van der Waals surface area contributed by atoms with Crippen molar-refractivity contribution in [1.29, 1.82) is 0 Å². The van der Waals surface area contributed by atoms with Crippen molar-refractivity contribution >= 4 is 28.6 Å². The van der Waals surface area contributed by atoms with Crippen LogP contribution in [0, 0.1) is 10.1 Å². The van der Waals surface area contributed by atoms with Gasteiger partial charge >= 0.3 is 5.69 Å². The van der Waals surface area contributed by atoms with E-state index in [1.54, 1.807) is 37.6 Å². The highest BCUT2D eigenvalue weighted by atomic mass is 32.1. The molecule has 7 heteroatoms. The minimum Gasteiger partial charge on any atom is -0.383 e. The average molecular weight is 305 g/mol. The molecule has 1 amide bonds. The van der Waals surface area contributed by atoms with Gasteiger partial charge in [-0.3, -0.25) is 14.9 Å². The molecule has 1 N–H and O–H groups in total. The zero-order valence-electron chi connectivity index (χ0n) is 11.7. The summed E-state index contributed by atoms with van der Waals surface area (Å²) in [6.45, 7) is 0.420. The Labute approximate surface area is 126 Å². The SMILES string of the molecule is CNc1cccc(C(=O)N(C)Cc2ccsc2)c1[N+](=O)[O-]. The Hall–Kier alpha value is -2.41. The molecule has 2 rings (SSSR count). The second-order valence-corrected chi connectivity index (χ2v) is 5.28. The number of carbonyl (C=O) groups is 1. The van der Waals surface area contributed by atoms with Gasteiger partial charge in [0.1, 0.15) is 11.3 Å². The van der Waals surface area contributed by atoms with E-state index in [0.29, 0.717) is 12.2 Å². The van der Waals surface area contributed by atoms with E-state index >= 15 is 0 Å². The van der Waals surface area contributed by atoms with E-state index in [4.69, 9.17) is 0 Å². The maximum atomic E-state index is 12.5. The topological polar surface area (TPSA) is 75.5 Å². The maximum Gasteiger partial charge on any atom is 0.305 e. The summed E-state index contributed by atoms with van der Waals surface area (Å²) < 4.78 is 0. The molecule has 1 aromatic heterocycles. The largest absolute Gasteiger partial charge is 0.383 e. The molecule has 110 valence electrons. The number of nitrogens with zero attached hydrogens (tertiary/aromatic N) is 2. The van der Waals surface area contributed by atoms with Gasteiger partial charge in [0, 0.05) is 20.6 Å². The van der Waals surface area contributed by atoms with E-state index in [9.17, 15) is 14.9 Å². The van der Waals surface area contributed by atoms with Gasteiger partial charge in [0.25, 0.3) is 5.91 Å². The lowest BCUT2D eigenvalue weighted by Crippen LogP contribution is -2.26. The van der Waals surface area contributed by atoms with Crippen molar-refractivity contribution < 1.29 is 9.72 Å². The van der Waals surface area contributed by atoms with Gasteiger partial charge in [0.15, 0.2) is 0 Å². The minimum absolute atomic E-state index is 0.0876. The third-order valence-corrected chi connectivity index (χ3v) is 3.80. The van der Waals surface area contributed by atoms with Crippen LogP contribution in [0.25, 0.3) is 0 Å². The summed E-state index contributed by atoms with van der Waals surface area (Å²) in [4.78, 5) is 24.6. The van der Waals surface area contributed by atoms with Gasteiger partial charge in [-0.05, 0) is 34.5 Å². The molecule has 0 bridgehead atoms. The molecule has 0 saturated heterocycles. The lowest BCUT2D eigenvalue weighted by atomic mass is 10.1. The van der Waals surface area contributed by atoms with Crippen LogP contribution in [0.5, 0.6) is 0 Å².